The predicted octanol–water partition coefficient (Wildman–Crippen LogP) is -0.250. The number of methoxy groups -OCH3 is 1. The molecule has 8 nitrogen and oxygen atoms in total. The van der Waals surface area contributed by atoms with Crippen LogP contribution in [0.25, 0.3) is 0 Å². The third-order valence-corrected chi connectivity index (χ3v) is 3.61. The number of carbonyl (C=O) groups is 2. The molecule has 1 fully saturated rings. The Kier molecular flexibility index (Phi) is 5.78. The van der Waals surface area contributed by atoms with E-state index in [1.54, 1.807) is 7.11 Å². The number of alkyl carbamates (subject to hydrolysis) is 1. The molecule has 0 aromatic heterocycles. The Labute approximate surface area is 133 Å². The summed E-state index contributed by atoms with van der Waals surface area (Å²) in [5.74, 6) is -0.421. The predicted molar refractivity (Wildman–Crippen MR) is 80.4 cm³/mol. The highest BCUT2D eigenvalue weighted by Gasteiger charge is 2.37. The van der Waals surface area contributed by atoms with E-state index in [1.165, 1.54) is 0 Å². The number of rotatable bonds is 6. The van der Waals surface area contributed by atoms with Gasteiger partial charge >= 0.3 is 12.1 Å². The molecule has 1 aromatic rings. The number of nitrogens with one attached hydrogen (secondary N) is 2. The summed E-state index contributed by atoms with van der Waals surface area (Å²) in [6, 6.07) is 7.19. The maximum atomic E-state index is 11.6. The van der Waals surface area contributed by atoms with Crippen molar-refractivity contribution in [2.45, 2.75) is 24.7 Å². The molecule has 8 heteroatoms. The standard InChI is InChI=1S/C15H20N2O6/c1-22-10-4-2-9(3-5-10)6-11-14(12(18)7-16-11)23-15(21)17-8-13(19)20/h2-5,11-12,14,16,18H,6-8H2,1H3,(H,17,21)(H,19,20)/t11-,12?,14+/m1/s1. The van der Waals surface area contributed by atoms with E-state index in [0.717, 1.165) is 11.3 Å². The maximum absolute atomic E-state index is 11.6. The Balaban J connectivity index is 1.94. The Morgan fingerprint density at radius 1 is 1.35 bits per heavy atom. The van der Waals surface area contributed by atoms with Gasteiger partial charge in [-0.05, 0) is 24.1 Å². The third kappa shape index (κ3) is 4.83. The SMILES string of the molecule is COc1ccc(C[C@H]2NCC(O)[C@H]2OC(=O)NCC(=O)O)cc1. The Hall–Kier alpha value is -2.32. The van der Waals surface area contributed by atoms with Gasteiger partial charge in [-0.15, -0.1) is 0 Å². The van der Waals surface area contributed by atoms with Gasteiger partial charge in [0.05, 0.1) is 13.2 Å². The van der Waals surface area contributed by atoms with Gasteiger partial charge in [0.1, 0.15) is 24.5 Å². The van der Waals surface area contributed by atoms with Crippen LogP contribution in [0.4, 0.5) is 4.79 Å². The fraction of sp³-hybridized carbons (Fsp3) is 0.467. The van der Waals surface area contributed by atoms with Crippen molar-refractivity contribution in [1.29, 1.82) is 0 Å². The van der Waals surface area contributed by atoms with E-state index in [-0.39, 0.29) is 6.04 Å². The van der Waals surface area contributed by atoms with E-state index in [2.05, 4.69) is 10.6 Å². The van der Waals surface area contributed by atoms with Gasteiger partial charge in [0.2, 0.25) is 0 Å². The van der Waals surface area contributed by atoms with Crippen LogP contribution in [0.2, 0.25) is 0 Å². The molecule has 3 atom stereocenters. The monoisotopic (exact) mass is 324 g/mol. The van der Waals surface area contributed by atoms with Gasteiger partial charge in [0, 0.05) is 6.54 Å². The molecule has 0 spiro atoms. The molecule has 0 saturated carbocycles. The molecule has 0 aliphatic carbocycles. The fourth-order valence-corrected chi connectivity index (χ4v) is 2.45. The number of benzene rings is 1. The zero-order chi connectivity index (χ0) is 16.8. The lowest BCUT2D eigenvalue weighted by molar-refractivity contribution is -0.135. The molecule has 4 N–H and O–H groups in total. The minimum Gasteiger partial charge on any atom is -0.497 e. The molecule has 0 radical (unpaired) electrons. The Bertz CT molecular complexity index is 547. The number of aliphatic hydroxyl groups excluding tert-OH is 1. The van der Waals surface area contributed by atoms with Gasteiger partial charge in [-0.1, -0.05) is 12.1 Å². The van der Waals surface area contributed by atoms with Crippen LogP contribution in [-0.4, -0.2) is 60.7 Å². The quantitative estimate of drug-likeness (QED) is 0.570. The smallest absolute Gasteiger partial charge is 0.408 e. The van der Waals surface area contributed by atoms with Crippen molar-refractivity contribution in [3.05, 3.63) is 29.8 Å². The normalized spacial score (nSPS) is 23.3. The third-order valence-electron chi connectivity index (χ3n) is 3.61. The number of carboxylic acids is 1. The van der Waals surface area contributed by atoms with E-state index < -0.39 is 30.8 Å². The summed E-state index contributed by atoms with van der Waals surface area (Å²) in [6.07, 6.45) is -1.89. The fourth-order valence-electron chi connectivity index (χ4n) is 2.45. The largest absolute Gasteiger partial charge is 0.497 e. The number of aliphatic hydroxyl groups is 1. The van der Waals surface area contributed by atoms with E-state index in [1.807, 2.05) is 24.3 Å². The van der Waals surface area contributed by atoms with Crippen molar-refractivity contribution in [3.63, 3.8) is 0 Å². The van der Waals surface area contributed by atoms with Crippen molar-refractivity contribution in [2.75, 3.05) is 20.2 Å². The summed E-state index contributed by atoms with van der Waals surface area (Å²) in [5, 5.41) is 23.7. The molecule has 2 rings (SSSR count). The average Bonchev–Trinajstić information content (AvgIpc) is 2.87. The van der Waals surface area contributed by atoms with Gasteiger partial charge in [-0.3, -0.25) is 4.79 Å². The second-order valence-electron chi connectivity index (χ2n) is 5.25. The lowest BCUT2D eigenvalue weighted by atomic mass is 10.0. The molecule has 1 aliphatic rings. The van der Waals surface area contributed by atoms with E-state index in [0.29, 0.717) is 13.0 Å². The van der Waals surface area contributed by atoms with Gasteiger partial charge in [0.15, 0.2) is 0 Å². The summed E-state index contributed by atoms with van der Waals surface area (Å²) in [5.41, 5.74) is 0.997. The summed E-state index contributed by atoms with van der Waals surface area (Å²) in [7, 11) is 1.59. The summed E-state index contributed by atoms with van der Waals surface area (Å²) in [4.78, 5) is 22.0. The number of hydrogen-bond acceptors (Lipinski definition) is 6. The summed E-state index contributed by atoms with van der Waals surface area (Å²) >= 11 is 0. The lowest BCUT2D eigenvalue weighted by Gasteiger charge is -2.22. The highest BCUT2D eigenvalue weighted by molar-refractivity contribution is 5.76. The number of ether oxygens (including phenoxy) is 2. The number of carbonyl (C=O) groups excluding carboxylic acids is 1. The van der Waals surface area contributed by atoms with E-state index >= 15 is 0 Å². The Morgan fingerprint density at radius 3 is 2.65 bits per heavy atom. The molecule has 1 aliphatic heterocycles. The van der Waals surface area contributed by atoms with Gasteiger partial charge in [-0.25, -0.2) is 4.79 Å². The molecule has 126 valence electrons. The zero-order valence-electron chi connectivity index (χ0n) is 12.7. The highest BCUT2D eigenvalue weighted by atomic mass is 16.6. The van der Waals surface area contributed by atoms with Crippen LogP contribution in [0, 0.1) is 0 Å². The van der Waals surface area contributed by atoms with Crippen molar-refractivity contribution >= 4 is 12.1 Å². The highest BCUT2D eigenvalue weighted by Crippen LogP contribution is 2.19. The van der Waals surface area contributed by atoms with Crippen LogP contribution in [0.3, 0.4) is 0 Å². The van der Waals surface area contributed by atoms with Crippen LogP contribution >= 0.6 is 0 Å². The molecule has 1 unspecified atom stereocenters. The van der Waals surface area contributed by atoms with Crippen LogP contribution < -0.4 is 15.4 Å². The minimum absolute atomic E-state index is 0.256. The first kappa shape index (κ1) is 17.0. The number of β-amino-alcohol motifs (C(OH)–C–C–N with tert-alkyl or cyclic N) is 1. The van der Waals surface area contributed by atoms with Crippen molar-refractivity contribution in [1.82, 2.24) is 10.6 Å². The van der Waals surface area contributed by atoms with Crippen LogP contribution in [0.1, 0.15) is 5.56 Å². The zero-order valence-corrected chi connectivity index (χ0v) is 12.7. The lowest BCUT2D eigenvalue weighted by Crippen LogP contribution is -2.42. The van der Waals surface area contributed by atoms with Crippen LogP contribution in [0.5, 0.6) is 5.75 Å². The molecular weight excluding hydrogens is 304 g/mol. The van der Waals surface area contributed by atoms with E-state index in [4.69, 9.17) is 14.6 Å². The second kappa shape index (κ2) is 7.80. The topological polar surface area (TPSA) is 117 Å². The summed E-state index contributed by atoms with van der Waals surface area (Å²) in [6.45, 7) is -0.226. The molecule has 1 saturated heterocycles. The molecule has 0 bridgehead atoms. The molecule has 1 heterocycles. The first-order valence-corrected chi connectivity index (χ1v) is 7.20. The first-order chi connectivity index (χ1) is 11.0. The number of amides is 1. The van der Waals surface area contributed by atoms with Gasteiger partial charge < -0.3 is 30.3 Å². The van der Waals surface area contributed by atoms with Crippen LogP contribution in [-0.2, 0) is 16.0 Å². The maximum Gasteiger partial charge on any atom is 0.408 e. The molecule has 23 heavy (non-hydrogen) atoms. The molecule has 1 amide bonds. The number of carboxylic acid groups (broad SMARTS) is 1. The molecule has 1 aromatic carbocycles. The first-order valence-electron chi connectivity index (χ1n) is 7.20. The van der Waals surface area contributed by atoms with Gasteiger partial charge in [-0.2, -0.15) is 0 Å². The minimum atomic E-state index is -1.16. The average molecular weight is 324 g/mol. The summed E-state index contributed by atoms with van der Waals surface area (Å²) < 4.78 is 10.2. The van der Waals surface area contributed by atoms with E-state index in [9.17, 15) is 14.7 Å². The number of aliphatic carboxylic acids is 1. The van der Waals surface area contributed by atoms with Crippen LogP contribution in [0.15, 0.2) is 24.3 Å². The van der Waals surface area contributed by atoms with Crippen molar-refractivity contribution in [3.8, 4) is 5.75 Å². The van der Waals surface area contributed by atoms with Crippen molar-refractivity contribution < 1.29 is 29.3 Å². The van der Waals surface area contributed by atoms with Gasteiger partial charge in [0.25, 0.3) is 0 Å². The van der Waals surface area contributed by atoms with Crippen molar-refractivity contribution in [2.24, 2.45) is 0 Å². The Morgan fingerprint density at radius 2 is 2.04 bits per heavy atom. The molecular formula is C15H20N2O6. The second-order valence-corrected chi connectivity index (χ2v) is 5.25. The number of hydrogen-bond donors (Lipinski definition) is 4.